The first kappa shape index (κ1) is 119. The van der Waals surface area contributed by atoms with Gasteiger partial charge in [-0.2, -0.15) is 0 Å². The fraction of sp³-hybridized carbons (Fsp3) is 0.926. The lowest BCUT2D eigenvalue weighted by atomic mass is 9.91. The molecule has 0 fully saturated rings. The Hall–Kier alpha value is -2.36. The molecule has 0 spiro atoms. The second kappa shape index (κ2) is 69.6. The van der Waals surface area contributed by atoms with Crippen molar-refractivity contribution in [2.45, 2.75) is 340 Å². The summed E-state index contributed by atoms with van der Waals surface area (Å²) in [5, 5.41) is 0. The SMILES string of the molecule is CCO[Si](C)(C)CCCOC(=O)C(C)(C)CC.CCO[Si](C)(C)CCCOC(=O)C(C)CC.CCO[Si](C)(CCCOC(=O)C(C)(C)CC)OCC.CCO[Si](C)(CCCOC(=O)C(C)CC)OCC.CCO[Si](CCCOC(=O)C(C)(C)CC)(OCC)OCC.CCO[Si](CCCOC(=O)C(C)CC)(OCC)OCC. The van der Waals surface area contributed by atoms with Crippen molar-refractivity contribution in [3.8, 4) is 0 Å². The molecule has 30 heteroatoms. The van der Waals surface area contributed by atoms with Crippen LogP contribution in [0, 0.1) is 34.0 Å². The van der Waals surface area contributed by atoms with Gasteiger partial charge >= 0.3 is 70.5 Å². The molecule has 0 aromatic heterocycles. The normalized spacial score (nSPS) is 12.9. The van der Waals surface area contributed by atoms with Gasteiger partial charge in [-0.05, 0) is 265 Å². The van der Waals surface area contributed by atoms with Crippen molar-refractivity contribution < 1.29 is 110 Å². The molecule has 666 valence electrons. The Kier molecular flexibility index (Phi) is 74.9. The molecule has 0 saturated heterocycles. The number of hydrogen-bond acceptors (Lipinski definition) is 24. The van der Waals surface area contributed by atoms with Gasteiger partial charge in [0.2, 0.25) is 0 Å². The van der Waals surface area contributed by atoms with E-state index < -0.39 is 56.8 Å². The van der Waals surface area contributed by atoms with Crippen molar-refractivity contribution in [2.75, 3.05) is 119 Å². The minimum atomic E-state index is -2.61. The van der Waals surface area contributed by atoms with Crippen molar-refractivity contribution >= 4 is 87.2 Å². The highest BCUT2D eigenvalue weighted by Gasteiger charge is 2.42. The molecular formula is C81H174O24Si6. The fourth-order valence-corrected chi connectivity index (χ4v) is 23.6. The van der Waals surface area contributed by atoms with E-state index >= 15 is 0 Å². The number of rotatable bonds is 60. The largest absolute Gasteiger partial charge is 0.501 e. The smallest absolute Gasteiger partial charge is 0.465 e. The predicted octanol–water partition coefficient (Wildman–Crippen LogP) is 19.8. The van der Waals surface area contributed by atoms with Crippen LogP contribution in [0.5, 0.6) is 0 Å². The van der Waals surface area contributed by atoms with E-state index in [0.717, 1.165) is 102 Å². The van der Waals surface area contributed by atoms with Crippen LogP contribution in [-0.4, -0.2) is 206 Å². The van der Waals surface area contributed by atoms with Crippen molar-refractivity contribution in [1.29, 1.82) is 0 Å². The molecule has 0 aliphatic heterocycles. The summed E-state index contributed by atoms with van der Waals surface area (Å²) in [7, 11) is -12.3. The highest BCUT2D eigenvalue weighted by Crippen LogP contribution is 2.27. The Morgan fingerprint density at radius 3 is 0.613 bits per heavy atom. The van der Waals surface area contributed by atoms with Gasteiger partial charge in [0, 0.05) is 91.4 Å². The van der Waals surface area contributed by atoms with Crippen LogP contribution in [0.1, 0.15) is 264 Å². The molecule has 0 bridgehead atoms. The Bertz CT molecular complexity index is 2240. The number of ether oxygens (including phenoxy) is 6. The molecule has 0 aliphatic carbocycles. The van der Waals surface area contributed by atoms with Gasteiger partial charge in [0.25, 0.3) is 0 Å². The molecule has 0 aromatic carbocycles. The Morgan fingerprint density at radius 2 is 0.432 bits per heavy atom. The Morgan fingerprint density at radius 1 is 0.252 bits per heavy atom. The highest BCUT2D eigenvalue weighted by atomic mass is 28.4. The van der Waals surface area contributed by atoms with E-state index in [-0.39, 0.29) is 64.4 Å². The van der Waals surface area contributed by atoms with Gasteiger partial charge in [-0.25, -0.2) is 0 Å². The van der Waals surface area contributed by atoms with E-state index in [4.69, 9.17) is 81.5 Å². The third kappa shape index (κ3) is 62.5. The quantitative estimate of drug-likeness (QED) is 0.0237. The fourth-order valence-electron chi connectivity index (χ4n) is 9.84. The number of esters is 6. The summed E-state index contributed by atoms with van der Waals surface area (Å²) in [5.74, 6) is -0.688. The minimum absolute atomic E-state index is 0.00703. The zero-order valence-electron chi connectivity index (χ0n) is 77.5. The van der Waals surface area contributed by atoms with Crippen LogP contribution in [-0.2, 0) is 110 Å². The van der Waals surface area contributed by atoms with Crippen LogP contribution in [0.25, 0.3) is 0 Å². The van der Waals surface area contributed by atoms with Crippen LogP contribution in [0.2, 0.25) is 75.5 Å². The molecule has 111 heavy (non-hydrogen) atoms. The van der Waals surface area contributed by atoms with Crippen LogP contribution in [0.3, 0.4) is 0 Å². The lowest BCUT2D eigenvalue weighted by Gasteiger charge is -2.28. The molecule has 24 nitrogen and oxygen atoms in total. The van der Waals surface area contributed by atoms with E-state index in [1.54, 1.807) is 0 Å². The molecule has 0 heterocycles. The maximum atomic E-state index is 11.9. The van der Waals surface area contributed by atoms with E-state index in [0.29, 0.717) is 131 Å². The maximum Gasteiger partial charge on any atom is 0.501 e. The lowest BCUT2D eigenvalue weighted by Crippen LogP contribution is -2.46. The second-order valence-corrected chi connectivity index (χ2v) is 51.3. The summed E-state index contributed by atoms with van der Waals surface area (Å²) in [6.07, 6.45) is 9.66. The van der Waals surface area contributed by atoms with E-state index in [1.165, 1.54) is 0 Å². The van der Waals surface area contributed by atoms with Crippen LogP contribution >= 0.6 is 0 Å². The van der Waals surface area contributed by atoms with Gasteiger partial charge in [0.15, 0.2) is 16.6 Å². The van der Waals surface area contributed by atoms with Gasteiger partial charge in [-0.15, -0.1) is 0 Å². The molecule has 0 saturated carbocycles. The van der Waals surface area contributed by atoms with Gasteiger partial charge in [-0.3, -0.25) is 28.8 Å². The average molecular weight is 1700 g/mol. The number of carbonyl (C=O) groups is 6. The monoisotopic (exact) mass is 1700 g/mol. The predicted molar refractivity (Wildman–Crippen MR) is 462 cm³/mol. The molecule has 3 atom stereocenters. The molecule has 3 unspecified atom stereocenters. The zero-order valence-corrected chi connectivity index (χ0v) is 83.5. The first-order valence-corrected chi connectivity index (χ1v) is 57.7. The minimum Gasteiger partial charge on any atom is -0.465 e. The first-order valence-electron chi connectivity index (χ1n) is 42.6. The third-order valence-electron chi connectivity index (χ3n) is 18.5. The topological polar surface area (TPSA) is 269 Å². The van der Waals surface area contributed by atoms with Crippen molar-refractivity contribution in [1.82, 2.24) is 0 Å². The highest BCUT2D eigenvalue weighted by molar-refractivity contribution is 6.71. The van der Waals surface area contributed by atoms with Crippen LogP contribution in [0.15, 0.2) is 0 Å². The Labute approximate surface area is 686 Å². The Balaban J connectivity index is -0.000000299. The van der Waals surface area contributed by atoms with Crippen molar-refractivity contribution in [3.05, 3.63) is 0 Å². The average Bonchev–Trinajstić information content (AvgIpc) is 0.872. The second-order valence-electron chi connectivity index (χ2n) is 30.5. The molecule has 0 aliphatic rings. The lowest BCUT2D eigenvalue weighted by molar-refractivity contribution is -0.154. The summed E-state index contributed by atoms with van der Waals surface area (Å²) in [6, 6.07) is 5.16. The summed E-state index contributed by atoms with van der Waals surface area (Å²) < 4.78 is 100. The number of hydrogen-bond donors (Lipinski definition) is 0. The molecule has 0 aromatic rings. The molecule has 0 radical (unpaired) electrons. The standard InChI is InChI=1S/C15H32O5Si.C14H30O5Si.C14H30O4Si.C13H28O4Si.C13H28O3Si.C12H26O3Si/c1-7-15(5,6)14(16)17-12-11-13-21(18-8-2,19-9-3)20-10-4;1-6-13(5)14(15)16-11-10-12-20(17-7-2,18-8-3)19-9-4;1-7-14(4,5)13(15)16-11-10-12-19(6,17-8-2)18-9-3;1-6-12(4)13(14)15-10-9-11-18(5,16-7-2)17-8-3;1-7-13(3,4)12(14)15-10-9-11-17(5,6)16-8-2;1-6-11(3)12(13)14-9-8-10-16(4,5)15-7-2/h7-13H2,1-6H3;13H,6-12H2,1-5H3;7-12H2,1-6H3;12H,6-11H2,1-5H3;7-11H2,1-6H3;11H,6-10H2,1-5H3. The van der Waals surface area contributed by atoms with Crippen molar-refractivity contribution in [3.63, 3.8) is 0 Å². The molecular weight excluding hydrogens is 1530 g/mol. The first-order chi connectivity index (χ1) is 51.9. The summed E-state index contributed by atoms with van der Waals surface area (Å²) in [5.41, 5.74) is -1.16. The molecule has 0 N–H and O–H groups in total. The van der Waals surface area contributed by atoms with Crippen LogP contribution in [0.4, 0.5) is 0 Å². The van der Waals surface area contributed by atoms with E-state index in [2.05, 4.69) is 39.3 Å². The summed E-state index contributed by atoms with van der Waals surface area (Å²) >= 11 is 0. The van der Waals surface area contributed by atoms with Crippen molar-refractivity contribution in [2.24, 2.45) is 34.0 Å². The maximum absolute atomic E-state index is 11.9. The number of carbonyl (C=O) groups excluding carboxylic acids is 6. The third-order valence-corrected chi connectivity index (χ3v) is 36.2. The molecule has 0 amide bonds. The zero-order chi connectivity index (χ0) is 86.9. The summed E-state index contributed by atoms with van der Waals surface area (Å²) in [6.45, 7) is 76.0. The van der Waals surface area contributed by atoms with E-state index in [1.807, 2.05) is 187 Å². The van der Waals surface area contributed by atoms with Gasteiger partial charge in [-0.1, -0.05) is 62.3 Å². The molecule has 0 rings (SSSR count). The van der Waals surface area contributed by atoms with Gasteiger partial charge in [0.1, 0.15) is 0 Å². The van der Waals surface area contributed by atoms with Gasteiger partial charge in [0.05, 0.1) is 73.6 Å². The van der Waals surface area contributed by atoms with Crippen LogP contribution < -0.4 is 0 Å². The van der Waals surface area contributed by atoms with Gasteiger partial charge < -0.3 is 81.5 Å². The van der Waals surface area contributed by atoms with E-state index in [9.17, 15) is 28.8 Å². The summed E-state index contributed by atoms with van der Waals surface area (Å²) in [4.78, 5) is 69.8.